The molecular formula is C21H32O5. The Kier molecular flexibility index (Phi) is 3.33. The molecule has 146 valence electrons. The van der Waals surface area contributed by atoms with Crippen molar-refractivity contribution in [3.63, 3.8) is 0 Å². The molecule has 10 atom stereocenters. The highest BCUT2D eigenvalue weighted by atomic mass is 16.6. The van der Waals surface area contributed by atoms with Crippen LogP contribution in [0.15, 0.2) is 0 Å². The lowest BCUT2D eigenvalue weighted by Gasteiger charge is -2.60. The van der Waals surface area contributed by atoms with Gasteiger partial charge in [0.1, 0.15) is 17.0 Å². The first-order valence-corrected chi connectivity index (χ1v) is 10.4. The molecule has 1 saturated heterocycles. The van der Waals surface area contributed by atoms with Crippen LogP contribution in [-0.2, 0) is 9.53 Å². The van der Waals surface area contributed by atoms with E-state index in [0.717, 1.165) is 44.9 Å². The number of aliphatic hydroxyl groups excluding tert-OH is 3. The Bertz CT molecular complexity index is 665. The van der Waals surface area contributed by atoms with Gasteiger partial charge in [-0.05, 0) is 63.2 Å². The lowest BCUT2D eigenvalue weighted by atomic mass is 9.43. The summed E-state index contributed by atoms with van der Waals surface area (Å²) in [5.41, 5.74) is -1.70. The largest absolute Gasteiger partial charge is 0.393 e. The second kappa shape index (κ2) is 4.91. The summed E-state index contributed by atoms with van der Waals surface area (Å²) in [4.78, 5) is 12.3. The topological polar surface area (TPSA) is 90.3 Å². The Labute approximate surface area is 155 Å². The van der Waals surface area contributed by atoms with Crippen LogP contribution in [0.25, 0.3) is 0 Å². The minimum atomic E-state index is -0.943. The zero-order valence-electron chi connectivity index (χ0n) is 16.1. The monoisotopic (exact) mass is 364 g/mol. The van der Waals surface area contributed by atoms with Crippen LogP contribution < -0.4 is 0 Å². The Balaban J connectivity index is 1.61. The first-order valence-electron chi connectivity index (χ1n) is 10.4. The van der Waals surface area contributed by atoms with E-state index in [1.165, 1.54) is 0 Å². The van der Waals surface area contributed by atoms with E-state index in [4.69, 9.17) is 4.74 Å². The Morgan fingerprint density at radius 1 is 1.04 bits per heavy atom. The van der Waals surface area contributed by atoms with Crippen LogP contribution in [0.1, 0.15) is 65.7 Å². The molecule has 5 aliphatic rings. The average Bonchev–Trinajstić information content (AvgIpc) is 3.11. The predicted octanol–water partition coefficient (Wildman–Crippen LogP) is 1.81. The highest BCUT2D eigenvalue weighted by molar-refractivity contribution is 5.80. The van der Waals surface area contributed by atoms with E-state index < -0.39 is 28.8 Å². The van der Waals surface area contributed by atoms with Gasteiger partial charge < -0.3 is 20.1 Å². The van der Waals surface area contributed by atoms with Gasteiger partial charge in [-0.2, -0.15) is 0 Å². The third-order valence-corrected chi connectivity index (χ3v) is 9.73. The molecule has 5 nitrogen and oxygen atoms in total. The van der Waals surface area contributed by atoms with Crippen LogP contribution in [0.4, 0.5) is 0 Å². The number of Topliss-reactive ketones (excluding diaryl/α,β-unsaturated/α-hetero) is 1. The minimum absolute atomic E-state index is 0.0976. The van der Waals surface area contributed by atoms with Crippen LogP contribution in [0, 0.1) is 28.6 Å². The number of ether oxygens (including phenoxy) is 1. The van der Waals surface area contributed by atoms with Crippen molar-refractivity contribution in [3.8, 4) is 0 Å². The molecule has 0 aromatic carbocycles. The molecule has 0 aromatic rings. The predicted molar refractivity (Wildman–Crippen MR) is 94.3 cm³/mol. The molecular weight excluding hydrogens is 332 g/mol. The molecule has 0 bridgehead atoms. The fourth-order valence-electron chi connectivity index (χ4n) is 8.48. The summed E-state index contributed by atoms with van der Waals surface area (Å²) in [5.74, 6) is 0.0981. The maximum Gasteiger partial charge on any atom is 0.133 e. The Hall–Kier alpha value is -0.490. The van der Waals surface area contributed by atoms with Crippen LogP contribution in [-0.4, -0.2) is 50.6 Å². The zero-order valence-corrected chi connectivity index (χ0v) is 16.1. The van der Waals surface area contributed by atoms with Crippen molar-refractivity contribution in [2.45, 2.75) is 95.2 Å². The maximum atomic E-state index is 12.3. The summed E-state index contributed by atoms with van der Waals surface area (Å²) in [6.07, 6.45) is 3.74. The lowest BCUT2D eigenvalue weighted by molar-refractivity contribution is -0.196. The van der Waals surface area contributed by atoms with Crippen LogP contribution >= 0.6 is 0 Å². The number of fused-ring (bicyclic) bond motifs is 2. The van der Waals surface area contributed by atoms with Crippen molar-refractivity contribution in [1.82, 2.24) is 0 Å². The Morgan fingerprint density at radius 2 is 1.77 bits per heavy atom. The highest BCUT2D eigenvalue weighted by Gasteiger charge is 2.90. The normalized spacial score (nSPS) is 63.3. The number of hydrogen-bond acceptors (Lipinski definition) is 5. The number of epoxide rings is 1. The van der Waals surface area contributed by atoms with Gasteiger partial charge in [0.05, 0.1) is 18.3 Å². The van der Waals surface area contributed by atoms with Gasteiger partial charge in [-0.15, -0.1) is 0 Å². The standard InChI is InChI=1S/C21H32O5/c1-11(22)14-6-9-21-19(14,3)17(25)15(24)16-18(2)7-5-13(23)10-12(18)4-8-20(16,21)26-21/h12-17,23-25H,4-10H2,1-3H3/t12?,13-,14-,15-,16+,17+,18-,19-,20-,21+/m0/s1. The average molecular weight is 364 g/mol. The molecule has 0 radical (unpaired) electrons. The molecule has 5 heteroatoms. The molecule has 5 fully saturated rings. The van der Waals surface area contributed by atoms with Crippen LogP contribution in [0.5, 0.6) is 0 Å². The second-order valence-corrected chi connectivity index (χ2v) is 10.4. The van der Waals surface area contributed by atoms with Gasteiger partial charge in [0.15, 0.2) is 0 Å². The van der Waals surface area contributed by atoms with Gasteiger partial charge in [-0.25, -0.2) is 0 Å². The summed E-state index contributed by atoms with van der Waals surface area (Å²) in [7, 11) is 0. The van der Waals surface area contributed by atoms with E-state index in [0.29, 0.717) is 5.92 Å². The van der Waals surface area contributed by atoms with E-state index >= 15 is 0 Å². The zero-order chi connectivity index (χ0) is 18.7. The third-order valence-electron chi connectivity index (χ3n) is 9.73. The van der Waals surface area contributed by atoms with Crippen LogP contribution in [0.2, 0.25) is 0 Å². The molecule has 1 unspecified atom stereocenters. The fourth-order valence-corrected chi connectivity index (χ4v) is 8.48. The SMILES string of the molecule is CC(=O)[C@@H]1CC[C@]23O[C@]24CCC2C[C@@H](O)CC[C@]2(C)[C@H]4[C@H](O)[C@@H](O)[C@]13C. The van der Waals surface area contributed by atoms with Gasteiger partial charge >= 0.3 is 0 Å². The molecule has 0 amide bonds. The van der Waals surface area contributed by atoms with E-state index in [2.05, 4.69) is 6.92 Å². The quantitative estimate of drug-likeness (QED) is 0.618. The smallest absolute Gasteiger partial charge is 0.133 e. The summed E-state index contributed by atoms with van der Waals surface area (Å²) in [5, 5.41) is 32.8. The molecule has 26 heavy (non-hydrogen) atoms. The molecule has 4 aliphatic carbocycles. The number of aliphatic hydroxyl groups is 3. The van der Waals surface area contributed by atoms with E-state index in [-0.39, 0.29) is 29.1 Å². The lowest BCUT2D eigenvalue weighted by Crippen LogP contribution is -2.69. The molecule has 3 N–H and O–H groups in total. The van der Waals surface area contributed by atoms with Gasteiger partial charge in [0, 0.05) is 17.3 Å². The first kappa shape index (κ1) is 17.6. The molecule has 5 rings (SSSR count). The maximum absolute atomic E-state index is 12.3. The van der Waals surface area contributed by atoms with Crippen molar-refractivity contribution >= 4 is 5.78 Å². The number of carbonyl (C=O) groups excluding carboxylic acids is 1. The minimum Gasteiger partial charge on any atom is -0.393 e. The fraction of sp³-hybridized carbons (Fsp3) is 0.952. The highest BCUT2D eigenvalue weighted by Crippen LogP contribution is 2.80. The van der Waals surface area contributed by atoms with Gasteiger partial charge in [0.25, 0.3) is 0 Å². The molecule has 4 saturated carbocycles. The van der Waals surface area contributed by atoms with E-state index in [1.54, 1.807) is 6.92 Å². The number of hydrogen-bond donors (Lipinski definition) is 3. The van der Waals surface area contributed by atoms with Gasteiger partial charge in [0.2, 0.25) is 0 Å². The van der Waals surface area contributed by atoms with E-state index in [1.807, 2.05) is 6.92 Å². The second-order valence-electron chi connectivity index (χ2n) is 10.4. The van der Waals surface area contributed by atoms with Crippen LogP contribution in [0.3, 0.4) is 0 Å². The van der Waals surface area contributed by atoms with Crippen molar-refractivity contribution < 1.29 is 24.9 Å². The summed E-state index contributed by atoms with van der Waals surface area (Å²) in [6.45, 7) is 5.82. The third kappa shape index (κ3) is 1.63. The number of rotatable bonds is 1. The van der Waals surface area contributed by atoms with Crippen molar-refractivity contribution in [2.75, 3.05) is 0 Å². The van der Waals surface area contributed by atoms with Crippen molar-refractivity contribution in [3.05, 3.63) is 0 Å². The van der Waals surface area contributed by atoms with E-state index in [9.17, 15) is 20.1 Å². The molecule has 1 aliphatic heterocycles. The summed E-state index contributed by atoms with van der Waals surface area (Å²) in [6, 6.07) is 0. The molecule has 0 aromatic heterocycles. The van der Waals surface area contributed by atoms with Crippen molar-refractivity contribution in [2.24, 2.45) is 28.6 Å². The number of ketones is 1. The summed E-state index contributed by atoms with van der Waals surface area (Å²) >= 11 is 0. The number of carbonyl (C=O) groups is 1. The first-order chi connectivity index (χ1) is 12.1. The van der Waals surface area contributed by atoms with Gasteiger partial charge in [-0.1, -0.05) is 13.8 Å². The Morgan fingerprint density at radius 3 is 2.46 bits per heavy atom. The summed E-state index contributed by atoms with van der Waals surface area (Å²) < 4.78 is 6.61. The molecule has 2 spiro atoms. The van der Waals surface area contributed by atoms with Gasteiger partial charge in [-0.3, -0.25) is 4.79 Å². The van der Waals surface area contributed by atoms with Crippen molar-refractivity contribution in [1.29, 1.82) is 0 Å². The molecule has 1 heterocycles.